The Morgan fingerprint density at radius 2 is 1.75 bits per heavy atom. The van der Waals surface area contributed by atoms with Gasteiger partial charge in [0.15, 0.2) is 0 Å². The summed E-state index contributed by atoms with van der Waals surface area (Å²) in [6, 6.07) is 18.6. The van der Waals surface area contributed by atoms with Crippen LogP contribution in [0.4, 0.5) is 0 Å². The molecular formula is C21H17N3O4. The van der Waals surface area contributed by atoms with Crippen molar-refractivity contribution in [2.24, 2.45) is 0 Å². The summed E-state index contributed by atoms with van der Waals surface area (Å²) >= 11 is 0. The lowest BCUT2D eigenvalue weighted by Crippen LogP contribution is -2.41. The number of aromatic nitrogens is 1. The van der Waals surface area contributed by atoms with Gasteiger partial charge in [0.2, 0.25) is 0 Å². The molecule has 0 atom stereocenters. The number of phenolic OH excluding ortho intramolecular Hbond substituents is 1. The first-order chi connectivity index (χ1) is 13.6. The number of carbonyl (C=O) groups is 2. The molecule has 140 valence electrons. The van der Waals surface area contributed by atoms with Gasteiger partial charge in [-0.05, 0) is 42.0 Å². The molecule has 1 heterocycles. The second-order valence-electron chi connectivity index (χ2n) is 5.66. The first-order valence-electron chi connectivity index (χ1n) is 8.36. The molecule has 0 aliphatic heterocycles. The zero-order valence-electron chi connectivity index (χ0n) is 14.7. The van der Waals surface area contributed by atoms with Gasteiger partial charge in [-0.25, -0.2) is 0 Å². The molecule has 0 unspecified atom stereocenters. The van der Waals surface area contributed by atoms with E-state index in [4.69, 9.17) is 4.74 Å². The van der Waals surface area contributed by atoms with Crippen molar-refractivity contribution < 1.29 is 19.4 Å². The molecule has 0 radical (unpaired) electrons. The maximum Gasteiger partial charge on any atom is 0.288 e. The van der Waals surface area contributed by atoms with Crippen LogP contribution in [0.15, 0.2) is 79.0 Å². The van der Waals surface area contributed by atoms with Crippen LogP contribution < -0.4 is 15.6 Å². The van der Waals surface area contributed by atoms with E-state index in [0.29, 0.717) is 17.1 Å². The van der Waals surface area contributed by atoms with Crippen LogP contribution in [0.25, 0.3) is 6.08 Å². The Morgan fingerprint density at radius 1 is 0.929 bits per heavy atom. The van der Waals surface area contributed by atoms with Gasteiger partial charge in [0.1, 0.15) is 22.9 Å². The standard InChI is InChI=1S/C21H17N3O4/c25-16-6-4-5-15(13-16)9-10-20(26)23-24-21(27)19-14-18(11-12-22-19)28-17-7-2-1-3-8-17/h1-14,25H,(H,23,26)(H,24,27). The van der Waals surface area contributed by atoms with E-state index in [1.54, 1.807) is 30.3 Å². The first-order valence-corrected chi connectivity index (χ1v) is 8.36. The van der Waals surface area contributed by atoms with E-state index in [1.165, 1.54) is 36.5 Å². The molecule has 0 fully saturated rings. The number of para-hydroxylation sites is 1. The molecule has 0 aliphatic rings. The molecule has 28 heavy (non-hydrogen) atoms. The average Bonchev–Trinajstić information content (AvgIpc) is 2.71. The molecule has 2 aromatic carbocycles. The zero-order chi connectivity index (χ0) is 19.8. The number of benzene rings is 2. The van der Waals surface area contributed by atoms with Crippen molar-refractivity contribution >= 4 is 17.9 Å². The molecule has 3 N–H and O–H groups in total. The third-order valence-corrected chi connectivity index (χ3v) is 3.54. The molecule has 0 aliphatic carbocycles. The normalized spacial score (nSPS) is 10.4. The number of nitrogens with zero attached hydrogens (tertiary/aromatic N) is 1. The van der Waals surface area contributed by atoms with Crippen molar-refractivity contribution in [3.63, 3.8) is 0 Å². The molecule has 7 heteroatoms. The second-order valence-corrected chi connectivity index (χ2v) is 5.66. The Morgan fingerprint density at radius 3 is 2.54 bits per heavy atom. The SMILES string of the molecule is O=C(C=Cc1cccc(O)c1)NNC(=O)c1cc(Oc2ccccc2)ccn1. The lowest BCUT2D eigenvalue weighted by atomic mass is 10.2. The Labute approximate surface area is 161 Å². The summed E-state index contributed by atoms with van der Waals surface area (Å²) in [6.07, 6.45) is 4.18. The molecule has 3 rings (SSSR count). The van der Waals surface area contributed by atoms with Crippen LogP contribution in [-0.4, -0.2) is 21.9 Å². The van der Waals surface area contributed by atoms with E-state index in [9.17, 15) is 14.7 Å². The van der Waals surface area contributed by atoms with Gasteiger partial charge in [-0.3, -0.25) is 25.4 Å². The van der Waals surface area contributed by atoms with Gasteiger partial charge in [-0.1, -0.05) is 30.3 Å². The molecule has 1 aromatic heterocycles. The summed E-state index contributed by atoms with van der Waals surface area (Å²) in [5.41, 5.74) is 5.28. The van der Waals surface area contributed by atoms with Crippen LogP contribution in [0.1, 0.15) is 16.1 Å². The van der Waals surface area contributed by atoms with E-state index in [0.717, 1.165) is 0 Å². The highest BCUT2D eigenvalue weighted by Crippen LogP contribution is 2.20. The summed E-state index contributed by atoms with van der Waals surface area (Å²) in [6.45, 7) is 0. The van der Waals surface area contributed by atoms with Crippen LogP contribution in [0.2, 0.25) is 0 Å². The van der Waals surface area contributed by atoms with Crippen molar-refractivity contribution in [2.75, 3.05) is 0 Å². The summed E-state index contributed by atoms with van der Waals surface area (Å²) in [4.78, 5) is 28.0. The van der Waals surface area contributed by atoms with Gasteiger partial charge in [0.05, 0.1) is 0 Å². The molecule has 0 saturated carbocycles. The Balaban J connectivity index is 1.56. The number of carbonyl (C=O) groups excluding carboxylic acids is 2. The Kier molecular flexibility index (Phi) is 5.99. The summed E-state index contributed by atoms with van der Waals surface area (Å²) < 4.78 is 5.65. The van der Waals surface area contributed by atoms with Crippen molar-refractivity contribution in [1.29, 1.82) is 0 Å². The summed E-state index contributed by atoms with van der Waals surface area (Å²) in [5, 5.41) is 9.39. The quantitative estimate of drug-likeness (QED) is 0.470. The maximum atomic E-state index is 12.2. The van der Waals surface area contributed by atoms with E-state index >= 15 is 0 Å². The highest BCUT2D eigenvalue weighted by atomic mass is 16.5. The zero-order valence-corrected chi connectivity index (χ0v) is 14.7. The van der Waals surface area contributed by atoms with E-state index in [-0.39, 0.29) is 11.4 Å². The Hall–Kier alpha value is -4.13. The van der Waals surface area contributed by atoms with Gasteiger partial charge in [-0.15, -0.1) is 0 Å². The molecule has 3 aromatic rings. The van der Waals surface area contributed by atoms with Crippen molar-refractivity contribution in [2.45, 2.75) is 0 Å². The number of hydrogen-bond donors (Lipinski definition) is 3. The van der Waals surface area contributed by atoms with Gasteiger partial charge >= 0.3 is 0 Å². The third kappa shape index (κ3) is 5.43. The van der Waals surface area contributed by atoms with Crippen LogP contribution in [-0.2, 0) is 4.79 Å². The Bertz CT molecular complexity index is 1000. The molecule has 0 bridgehead atoms. The fraction of sp³-hybridized carbons (Fsp3) is 0. The van der Waals surface area contributed by atoms with Crippen molar-refractivity contribution in [1.82, 2.24) is 15.8 Å². The van der Waals surface area contributed by atoms with Crippen LogP contribution in [0.5, 0.6) is 17.2 Å². The van der Waals surface area contributed by atoms with Gasteiger partial charge in [-0.2, -0.15) is 0 Å². The molecule has 7 nitrogen and oxygen atoms in total. The van der Waals surface area contributed by atoms with Crippen LogP contribution in [0.3, 0.4) is 0 Å². The topological polar surface area (TPSA) is 101 Å². The average molecular weight is 375 g/mol. The number of hydrogen-bond acceptors (Lipinski definition) is 5. The van der Waals surface area contributed by atoms with Crippen molar-refractivity contribution in [3.8, 4) is 17.2 Å². The van der Waals surface area contributed by atoms with Gasteiger partial charge < -0.3 is 9.84 Å². The number of nitrogens with one attached hydrogen (secondary N) is 2. The molecule has 0 saturated heterocycles. The van der Waals surface area contributed by atoms with Crippen molar-refractivity contribution in [3.05, 3.63) is 90.3 Å². The highest BCUT2D eigenvalue weighted by molar-refractivity contribution is 5.97. The minimum absolute atomic E-state index is 0.0886. The lowest BCUT2D eigenvalue weighted by molar-refractivity contribution is -0.117. The lowest BCUT2D eigenvalue weighted by Gasteiger charge is -2.08. The number of ether oxygens (including phenoxy) is 1. The summed E-state index contributed by atoms with van der Waals surface area (Å²) in [7, 11) is 0. The number of pyridine rings is 1. The fourth-order valence-corrected chi connectivity index (χ4v) is 2.25. The fourth-order valence-electron chi connectivity index (χ4n) is 2.25. The number of amides is 2. The number of rotatable bonds is 5. The van der Waals surface area contributed by atoms with E-state index < -0.39 is 11.8 Å². The first kappa shape index (κ1) is 18.7. The van der Waals surface area contributed by atoms with Gasteiger partial charge in [0.25, 0.3) is 11.8 Å². The predicted molar refractivity (Wildman–Crippen MR) is 104 cm³/mol. The van der Waals surface area contributed by atoms with Crippen LogP contribution in [0, 0.1) is 0 Å². The highest BCUT2D eigenvalue weighted by Gasteiger charge is 2.09. The van der Waals surface area contributed by atoms with Gasteiger partial charge in [0, 0.05) is 18.3 Å². The maximum absolute atomic E-state index is 12.2. The summed E-state index contributed by atoms with van der Waals surface area (Å²) in [5.74, 6) is 0.0532. The van der Waals surface area contributed by atoms with E-state index in [1.807, 2.05) is 18.2 Å². The predicted octanol–water partition coefficient (Wildman–Crippen LogP) is 3.05. The number of phenols is 1. The van der Waals surface area contributed by atoms with E-state index in [2.05, 4.69) is 15.8 Å². The minimum atomic E-state index is -0.586. The smallest absolute Gasteiger partial charge is 0.288 e. The monoisotopic (exact) mass is 375 g/mol. The number of hydrazine groups is 1. The minimum Gasteiger partial charge on any atom is -0.508 e. The third-order valence-electron chi connectivity index (χ3n) is 3.54. The molecule has 2 amide bonds. The second kappa shape index (κ2) is 9.00. The number of aromatic hydroxyl groups is 1. The van der Waals surface area contributed by atoms with Crippen LogP contribution >= 0.6 is 0 Å². The largest absolute Gasteiger partial charge is 0.508 e. The molecular weight excluding hydrogens is 358 g/mol. The molecule has 0 spiro atoms.